The smallest absolute Gasteiger partial charge is 0.243 e. The van der Waals surface area contributed by atoms with Crippen molar-refractivity contribution in [1.29, 1.82) is 5.26 Å². The molecule has 2 rings (SSSR count). The molecule has 1 aromatic rings. The molecule has 0 aromatic heterocycles. The third-order valence-corrected chi connectivity index (χ3v) is 5.85. The van der Waals surface area contributed by atoms with Gasteiger partial charge in [-0.05, 0) is 38.0 Å². The van der Waals surface area contributed by atoms with Crippen LogP contribution in [0.3, 0.4) is 0 Å². The number of piperidine rings is 1. The van der Waals surface area contributed by atoms with Gasteiger partial charge in [-0.3, -0.25) is 0 Å². The summed E-state index contributed by atoms with van der Waals surface area (Å²) >= 11 is 5.91. The van der Waals surface area contributed by atoms with Crippen LogP contribution < -0.4 is 5.73 Å². The zero-order valence-corrected chi connectivity index (χ0v) is 12.7. The van der Waals surface area contributed by atoms with Crippen molar-refractivity contribution in [3.05, 3.63) is 28.8 Å². The molecule has 1 aromatic carbocycles. The quantitative estimate of drug-likeness (QED) is 0.900. The minimum absolute atomic E-state index is 0.0426. The zero-order valence-electron chi connectivity index (χ0n) is 11.1. The molecule has 2 atom stereocenters. The van der Waals surface area contributed by atoms with Gasteiger partial charge in [0.05, 0.1) is 15.5 Å². The molecule has 20 heavy (non-hydrogen) atoms. The van der Waals surface area contributed by atoms with Crippen molar-refractivity contribution in [3.63, 3.8) is 0 Å². The minimum atomic E-state index is -3.60. The first kappa shape index (κ1) is 15.3. The van der Waals surface area contributed by atoms with Crippen molar-refractivity contribution in [2.24, 2.45) is 5.73 Å². The van der Waals surface area contributed by atoms with Crippen LogP contribution in [0.15, 0.2) is 23.1 Å². The van der Waals surface area contributed by atoms with Crippen LogP contribution in [-0.2, 0) is 10.0 Å². The summed E-state index contributed by atoms with van der Waals surface area (Å²) < 4.78 is 26.7. The molecule has 108 valence electrons. The Balaban J connectivity index is 2.36. The number of nitrogens with zero attached hydrogens (tertiary/aromatic N) is 2. The van der Waals surface area contributed by atoms with E-state index in [1.807, 2.05) is 13.0 Å². The average molecular weight is 314 g/mol. The van der Waals surface area contributed by atoms with Gasteiger partial charge in [0.25, 0.3) is 0 Å². The Labute approximate surface area is 124 Å². The van der Waals surface area contributed by atoms with Crippen LogP contribution >= 0.6 is 11.6 Å². The van der Waals surface area contributed by atoms with Gasteiger partial charge in [-0.15, -0.1) is 0 Å². The maximum absolute atomic E-state index is 12.6. The lowest BCUT2D eigenvalue weighted by Gasteiger charge is -2.35. The van der Waals surface area contributed by atoms with Crippen LogP contribution in [0.1, 0.15) is 25.3 Å². The first-order chi connectivity index (χ1) is 9.36. The predicted molar refractivity (Wildman–Crippen MR) is 76.7 cm³/mol. The number of sulfonamides is 1. The number of hydrogen-bond donors (Lipinski definition) is 1. The van der Waals surface area contributed by atoms with Gasteiger partial charge in [-0.25, -0.2) is 8.42 Å². The SMILES string of the molecule is C[C@H]1C[C@@H](N)CCN1S(=O)(=O)c1ccc(C#N)c(Cl)c1. The maximum atomic E-state index is 12.6. The first-order valence-corrected chi connectivity index (χ1v) is 8.15. The van der Waals surface area contributed by atoms with Crippen LogP contribution in [0.5, 0.6) is 0 Å². The van der Waals surface area contributed by atoms with Crippen molar-refractivity contribution in [2.45, 2.75) is 36.7 Å². The Kier molecular flexibility index (Phi) is 4.35. The molecule has 1 saturated heterocycles. The summed E-state index contributed by atoms with van der Waals surface area (Å²) in [5.74, 6) is 0. The second-order valence-corrected chi connectivity index (χ2v) is 7.30. The molecule has 0 radical (unpaired) electrons. The van der Waals surface area contributed by atoms with E-state index in [4.69, 9.17) is 22.6 Å². The van der Waals surface area contributed by atoms with Crippen LogP contribution in [-0.4, -0.2) is 31.4 Å². The Bertz CT molecular complexity index is 654. The van der Waals surface area contributed by atoms with E-state index in [-0.39, 0.29) is 27.6 Å². The summed E-state index contributed by atoms with van der Waals surface area (Å²) in [6.07, 6.45) is 1.29. The molecule has 0 bridgehead atoms. The molecule has 0 aliphatic carbocycles. The predicted octanol–water partition coefficient (Wildman–Crippen LogP) is 1.71. The van der Waals surface area contributed by atoms with Gasteiger partial charge >= 0.3 is 0 Å². The minimum Gasteiger partial charge on any atom is -0.328 e. The van der Waals surface area contributed by atoms with E-state index in [2.05, 4.69) is 0 Å². The second-order valence-electron chi connectivity index (χ2n) is 5.00. The van der Waals surface area contributed by atoms with E-state index in [9.17, 15) is 8.42 Å². The van der Waals surface area contributed by atoms with Gasteiger partial charge in [-0.1, -0.05) is 11.6 Å². The van der Waals surface area contributed by atoms with Gasteiger partial charge in [0.15, 0.2) is 0 Å². The molecule has 0 unspecified atom stereocenters. The summed E-state index contributed by atoms with van der Waals surface area (Å²) in [4.78, 5) is 0.115. The number of hydrogen-bond acceptors (Lipinski definition) is 4. The highest BCUT2D eigenvalue weighted by Crippen LogP contribution is 2.27. The number of rotatable bonds is 2. The summed E-state index contributed by atoms with van der Waals surface area (Å²) in [7, 11) is -3.60. The fraction of sp³-hybridized carbons (Fsp3) is 0.462. The highest BCUT2D eigenvalue weighted by molar-refractivity contribution is 7.89. The van der Waals surface area contributed by atoms with Gasteiger partial charge in [0, 0.05) is 18.6 Å². The Morgan fingerprint density at radius 1 is 1.50 bits per heavy atom. The van der Waals surface area contributed by atoms with Crippen molar-refractivity contribution >= 4 is 21.6 Å². The summed E-state index contributed by atoms with van der Waals surface area (Å²) in [6, 6.07) is 5.99. The molecule has 1 fully saturated rings. The Hall–Kier alpha value is -1.13. The van der Waals surface area contributed by atoms with Gasteiger partial charge in [-0.2, -0.15) is 9.57 Å². The Morgan fingerprint density at radius 3 is 2.75 bits per heavy atom. The highest BCUT2D eigenvalue weighted by atomic mass is 35.5. The van der Waals surface area contributed by atoms with E-state index in [1.165, 1.54) is 22.5 Å². The van der Waals surface area contributed by atoms with Crippen molar-refractivity contribution in [3.8, 4) is 6.07 Å². The third-order valence-electron chi connectivity index (χ3n) is 3.52. The van der Waals surface area contributed by atoms with E-state index in [1.54, 1.807) is 0 Å². The molecular formula is C13H16ClN3O2S. The molecule has 2 N–H and O–H groups in total. The van der Waals surface area contributed by atoms with Crippen molar-refractivity contribution in [2.75, 3.05) is 6.54 Å². The second kappa shape index (κ2) is 5.70. The molecule has 0 spiro atoms. The van der Waals surface area contributed by atoms with E-state index in [0.717, 1.165) is 0 Å². The highest BCUT2D eigenvalue weighted by Gasteiger charge is 2.33. The van der Waals surface area contributed by atoms with Gasteiger partial charge in [0.2, 0.25) is 10.0 Å². The van der Waals surface area contributed by atoms with Crippen LogP contribution in [0.25, 0.3) is 0 Å². The monoisotopic (exact) mass is 313 g/mol. The number of nitriles is 1. The number of benzene rings is 1. The maximum Gasteiger partial charge on any atom is 0.243 e. The normalized spacial score (nSPS) is 24.3. The van der Waals surface area contributed by atoms with E-state index in [0.29, 0.717) is 19.4 Å². The zero-order chi connectivity index (χ0) is 14.9. The first-order valence-electron chi connectivity index (χ1n) is 6.33. The summed E-state index contributed by atoms with van der Waals surface area (Å²) in [5.41, 5.74) is 6.12. The van der Waals surface area contributed by atoms with Gasteiger partial charge in [0.1, 0.15) is 6.07 Å². The number of halogens is 1. The standard InChI is InChI=1S/C13H16ClN3O2S/c1-9-6-11(16)4-5-17(9)20(18,19)12-3-2-10(8-15)13(14)7-12/h2-3,7,9,11H,4-6,16H2,1H3/t9-,11-/m0/s1. The molecule has 0 amide bonds. The van der Waals surface area contributed by atoms with Crippen LogP contribution in [0, 0.1) is 11.3 Å². The molecule has 5 nitrogen and oxygen atoms in total. The summed E-state index contributed by atoms with van der Waals surface area (Å²) in [5, 5.41) is 8.97. The lowest BCUT2D eigenvalue weighted by Crippen LogP contribution is -2.48. The molecule has 7 heteroatoms. The van der Waals surface area contributed by atoms with Crippen molar-refractivity contribution < 1.29 is 8.42 Å². The molecule has 1 heterocycles. The molecular weight excluding hydrogens is 298 g/mol. The van der Waals surface area contributed by atoms with Crippen LogP contribution in [0.2, 0.25) is 5.02 Å². The number of nitrogens with two attached hydrogens (primary N) is 1. The van der Waals surface area contributed by atoms with Crippen molar-refractivity contribution in [1.82, 2.24) is 4.31 Å². The van der Waals surface area contributed by atoms with E-state index >= 15 is 0 Å². The molecule has 1 aliphatic rings. The van der Waals surface area contributed by atoms with E-state index < -0.39 is 10.0 Å². The fourth-order valence-corrected chi connectivity index (χ4v) is 4.40. The van der Waals surface area contributed by atoms with Gasteiger partial charge < -0.3 is 5.73 Å². The fourth-order valence-electron chi connectivity index (χ4n) is 2.43. The Morgan fingerprint density at radius 2 is 2.20 bits per heavy atom. The molecule has 1 aliphatic heterocycles. The lowest BCUT2D eigenvalue weighted by atomic mass is 10.0. The topological polar surface area (TPSA) is 87.2 Å². The molecule has 0 saturated carbocycles. The lowest BCUT2D eigenvalue weighted by molar-refractivity contribution is 0.247. The summed E-state index contributed by atoms with van der Waals surface area (Å²) in [6.45, 7) is 2.25. The average Bonchev–Trinajstić information content (AvgIpc) is 2.38. The third kappa shape index (κ3) is 2.81. The van der Waals surface area contributed by atoms with Crippen LogP contribution in [0.4, 0.5) is 0 Å². The largest absolute Gasteiger partial charge is 0.328 e.